The second-order valence-electron chi connectivity index (χ2n) is 6.39. The van der Waals surface area contributed by atoms with E-state index in [9.17, 15) is 0 Å². The van der Waals surface area contributed by atoms with Crippen LogP contribution in [0.15, 0.2) is 48.5 Å². The van der Waals surface area contributed by atoms with E-state index in [1.807, 2.05) is 24.3 Å². The fraction of sp³-hybridized carbons (Fsp3) is 0.400. The van der Waals surface area contributed by atoms with Crippen LogP contribution >= 0.6 is 0 Å². The molecule has 1 saturated heterocycles. The van der Waals surface area contributed by atoms with Gasteiger partial charge in [0.15, 0.2) is 0 Å². The predicted octanol–water partition coefficient (Wildman–Crippen LogP) is 4.12. The highest BCUT2D eigenvalue weighted by atomic mass is 16.5. The molecule has 4 nitrogen and oxygen atoms in total. The van der Waals surface area contributed by atoms with Gasteiger partial charge >= 0.3 is 0 Å². The molecule has 2 aromatic carbocycles. The lowest BCUT2D eigenvalue weighted by molar-refractivity contribution is 0.300. The summed E-state index contributed by atoms with van der Waals surface area (Å²) in [6.45, 7) is 2.99. The second kappa shape index (κ2) is 8.18. The molecule has 0 radical (unpaired) electrons. The predicted molar refractivity (Wildman–Crippen MR) is 98.7 cm³/mol. The summed E-state index contributed by atoms with van der Waals surface area (Å²) in [4.78, 5) is 0. The highest BCUT2D eigenvalue weighted by molar-refractivity contribution is 5.42. The van der Waals surface area contributed by atoms with E-state index in [2.05, 4.69) is 42.0 Å². The van der Waals surface area contributed by atoms with E-state index in [0.717, 1.165) is 30.9 Å². The number of nitrogens with two attached hydrogens (primary N) is 1. The number of unbranched alkanes of at least 4 members (excludes halogenated alkanes) is 2. The van der Waals surface area contributed by atoms with E-state index in [1.54, 1.807) is 0 Å². The number of ether oxygens (including phenoxy) is 1. The first-order valence-electron chi connectivity index (χ1n) is 8.86. The van der Waals surface area contributed by atoms with Crippen molar-refractivity contribution < 1.29 is 4.74 Å². The molecule has 4 N–H and O–H groups in total. The van der Waals surface area contributed by atoms with E-state index >= 15 is 0 Å². The molecule has 0 saturated carbocycles. The van der Waals surface area contributed by atoms with Crippen molar-refractivity contribution in [1.82, 2.24) is 10.9 Å². The first-order valence-corrected chi connectivity index (χ1v) is 8.86. The van der Waals surface area contributed by atoms with Gasteiger partial charge < -0.3 is 10.5 Å². The fourth-order valence-corrected chi connectivity index (χ4v) is 3.19. The summed E-state index contributed by atoms with van der Waals surface area (Å²) in [5, 5.41) is 0. The van der Waals surface area contributed by atoms with Gasteiger partial charge in [-0.05, 0) is 36.6 Å². The van der Waals surface area contributed by atoms with Gasteiger partial charge in [-0.15, -0.1) is 0 Å². The molecular weight excluding hydrogens is 298 g/mol. The van der Waals surface area contributed by atoms with E-state index in [1.165, 1.54) is 24.0 Å². The lowest BCUT2D eigenvalue weighted by atomic mass is 9.97. The summed E-state index contributed by atoms with van der Waals surface area (Å²) in [6, 6.07) is 16.9. The van der Waals surface area contributed by atoms with Gasteiger partial charge in [0.1, 0.15) is 5.75 Å². The molecule has 2 atom stereocenters. The summed E-state index contributed by atoms with van der Waals surface area (Å²) in [5.74, 6) is 0.987. The third-order valence-electron chi connectivity index (χ3n) is 4.52. The maximum atomic E-state index is 6.02. The number of benzene rings is 2. The first kappa shape index (κ1) is 16.8. The number of hydrogen-bond donors (Lipinski definition) is 3. The second-order valence-corrected chi connectivity index (χ2v) is 6.39. The zero-order chi connectivity index (χ0) is 16.8. The number of rotatable bonds is 7. The van der Waals surface area contributed by atoms with Crippen LogP contribution in [0.5, 0.6) is 5.75 Å². The molecular formula is C20H27N3O. The Bertz CT molecular complexity index is 659. The highest BCUT2D eigenvalue weighted by Crippen LogP contribution is 2.35. The minimum absolute atomic E-state index is 0.235. The summed E-state index contributed by atoms with van der Waals surface area (Å²) in [5.41, 5.74) is 15.9. The molecule has 1 fully saturated rings. The van der Waals surface area contributed by atoms with Crippen molar-refractivity contribution >= 4 is 5.69 Å². The first-order chi connectivity index (χ1) is 11.8. The van der Waals surface area contributed by atoms with Crippen molar-refractivity contribution in [3.63, 3.8) is 0 Å². The van der Waals surface area contributed by atoms with Crippen molar-refractivity contribution in [2.45, 2.75) is 44.7 Å². The Balaban J connectivity index is 1.67. The molecule has 0 aliphatic carbocycles. The molecule has 0 spiro atoms. The third kappa shape index (κ3) is 4.08. The Hall–Kier alpha value is -2.04. The molecule has 2 aromatic rings. The monoisotopic (exact) mass is 325 g/mol. The molecule has 0 aromatic heterocycles. The number of nitrogen functional groups attached to an aromatic ring is 1. The third-order valence-corrected chi connectivity index (χ3v) is 4.52. The van der Waals surface area contributed by atoms with Gasteiger partial charge in [0.05, 0.1) is 12.6 Å². The minimum atomic E-state index is 0.235. The smallest absolute Gasteiger partial charge is 0.124 e. The molecule has 3 rings (SSSR count). The maximum absolute atomic E-state index is 6.02. The van der Waals surface area contributed by atoms with Crippen molar-refractivity contribution in [3.05, 3.63) is 59.7 Å². The molecule has 4 heteroatoms. The normalized spacial score (nSPS) is 20.2. The van der Waals surface area contributed by atoms with E-state index in [0.29, 0.717) is 0 Å². The Morgan fingerprint density at radius 1 is 1.04 bits per heavy atom. The Labute approximate surface area is 144 Å². The summed E-state index contributed by atoms with van der Waals surface area (Å²) in [6.07, 6.45) is 4.50. The van der Waals surface area contributed by atoms with Crippen LogP contribution in [0.1, 0.15) is 55.8 Å². The zero-order valence-corrected chi connectivity index (χ0v) is 14.3. The molecule has 0 amide bonds. The van der Waals surface area contributed by atoms with Crippen LogP contribution in [0.4, 0.5) is 5.69 Å². The highest BCUT2D eigenvalue weighted by Gasteiger charge is 2.28. The van der Waals surface area contributed by atoms with Gasteiger partial charge in [-0.1, -0.05) is 50.1 Å². The van der Waals surface area contributed by atoms with Crippen LogP contribution in [-0.2, 0) is 0 Å². The van der Waals surface area contributed by atoms with Gasteiger partial charge in [0, 0.05) is 17.3 Å². The molecule has 128 valence electrons. The van der Waals surface area contributed by atoms with Crippen LogP contribution < -0.4 is 21.3 Å². The summed E-state index contributed by atoms with van der Waals surface area (Å²) in [7, 11) is 0. The standard InChI is InChI=1S/C20H27N3O/c1-2-3-6-12-24-20-11-5-4-10-17(20)19-14-18(22-23-19)15-8-7-9-16(21)13-15/h4-5,7-11,13,18-19,22-23H,2-3,6,12,14,21H2,1H3. The molecule has 1 aliphatic heterocycles. The maximum Gasteiger partial charge on any atom is 0.124 e. The Morgan fingerprint density at radius 3 is 2.71 bits per heavy atom. The van der Waals surface area contributed by atoms with Crippen molar-refractivity contribution in [2.24, 2.45) is 0 Å². The lowest BCUT2D eigenvalue weighted by Gasteiger charge is -2.16. The van der Waals surface area contributed by atoms with Gasteiger partial charge in [-0.25, -0.2) is 10.9 Å². The molecule has 24 heavy (non-hydrogen) atoms. The quantitative estimate of drug-likeness (QED) is 0.529. The minimum Gasteiger partial charge on any atom is -0.493 e. The van der Waals surface area contributed by atoms with E-state index in [-0.39, 0.29) is 12.1 Å². The Kier molecular flexibility index (Phi) is 5.72. The topological polar surface area (TPSA) is 59.3 Å². The van der Waals surface area contributed by atoms with Crippen molar-refractivity contribution in [2.75, 3.05) is 12.3 Å². The van der Waals surface area contributed by atoms with E-state index < -0.39 is 0 Å². The number of hydrazine groups is 1. The van der Waals surface area contributed by atoms with Crippen LogP contribution in [0.3, 0.4) is 0 Å². The number of anilines is 1. The molecule has 2 unspecified atom stereocenters. The average Bonchev–Trinajstić information content (AvgIpc) is 3.09. The molecule has 0 bridgehead atoms. The lowest BCUT2D eigenvalue weighted by Crippen LogP contribution is -2.27. The number of hydrogen-bond acceptors (Lipinski definition) is 4. The van der Waals surface area contributed by atoms with Gasteiger partial charge in [0.25, 0.3) is 0 Å². The van der Waals surface area contributed by atoms with Crippen LogP contribution in [0, 0.1) is 0 Å². The van der Waals surface area contributed by atoms with Gasteiger partial charge in [-0.2, -0.15) is 0 Å². The van der Waals surface area contributed by atoms with E-state index in [4.69, 9.17) is 10.5 Å². The van der Waals surface area contributed by atoms with Crippen LogP contribution in [-0.4, -0.2) is 6.61 Å². The summed E-state index contributed by atoms with van der Waals surface area (Å²) < 4.78 is 6.02. The van der Waals surface area contributed by atoms with Crippen molar-refractivity contribution in [3.8, 4) is 5.75 Å². The van der Waals surface area contributed by atoms with Gasteiger partial charge in [-0.3, -0.25) is 0 Å². The average molecular weight is 325 g/mol. The Morgan fingerprint density at radius 2 is 1.88 bits per heavy atom. The van der Waals surface area contributed by atoms with Crippen LogP contribution in [0.2, 0.25) is 0 Å². The molecule has 1 aliphatic rings. The SMILES string of the molecule is CCCCCOc1ccccc1C1CC(c2cccc(N)c2)NN1. The van der Waals surface area contributed by atoms with Crippen LogP contribution in [0.25, 0.3) is 0 Å². The number of para-hydroxylation sites is 1. The zero-order valence-electron chi connectivity index (χ0n) is 14.3. The molecule has 1 heterocycles. The van der Waals surface area contributed by atoms with Crippen molar-refractivity contribution in [1.29, 1.82) is 0 Å². The van der Waals surface area contributed by atoms with Gasteiger partial charge in [0.2, 0.25) is 0 Å². The largest absolute Gasteiger partial charge is 0.493 e. The summed E-state index contributed by atoms with van der Waals surface area (Å²) >= 11 is 0. The number of nitrogens with one attached hydrogen (secondary N) is 2. The fourth-order valence-electron chi connectivity index (χ4n) is 3.19.